The highest BCUT2D eigenvalue weighted by molar-refractivity contribution is 7.89. The van der Waals surface area contributed by atoms with E-state index in [1.54, 1.807) is 15.6 Å². The molecule has 0 spiro atoms. The van der Waals surface area contributed by atoms with Gasteiger partial charge in [-0.2, -0.15) is 0 Å². The van der Waals surface area contributed by atoms with Gasteiger partial charge < -0.3 is 11.1 Å². The second kappa shape index (κ2) is 6.89. The molecule has 20 heavy (non-hydrogen) atoms. The van der Waals surface area contributed by atoms with Gasteiger partial charge in [0.2, 0.25) is 10.0 Å². The second-order valence-electron chi connectivity index (χ2n) is 5.17. The van der Waals surface area contributed by atoms with Gasteiger partial charge in [0.25, 0.3) is 0 Å². The molecule has 1 aliphatic heterocycles. The number of hydrogen-bond acceptors (Lipinski definition) is 5. The Kier molecular flexibility index (Phi) is 5.42. The van der Waals surface area contributed by atoms with Crippen molar-refractivity contribution < 1.29 is 8.42 Å². The van der Waals surface area contributed by atoms with E-state index in [1.807, 2.05) is 18.4 Å². The molecule has 0 bridgehead atoms. The van der Waals surface area contributed by atoms with Crippen LogP contribution in [0.2, 0.25) is 0 Å². The lowest BCUT2D eigenvalue weighted by molar-refractivity contribution is 0.289. The van der Waals surface area contributed by atoms with Crippen molar-refractivity contribution in [3.05, 3.63) is 16.3 Å². The van der Waals surface area contributed by atoms with Gasteiger partial charge in [0.05, 0.1) is 5.75 Å². The van der Waals surface area contributed by atoms with E-state index in [1.165, 1.54) is 0 Å². The molecular weight excluding hydrogens is 294 g/mol. The van der Waals surface area contributed by atoms with Crippen molar-refractivity contribution in [2.45, 2.75) is 38.8 Å². The van der Waals surface area contributed by atoms with Crippen molar-refractivity contribution >= 4 is 27.0 Å². The number of nitrogens with zero attached hydrogens (tertiary/aromatic N) is 1. The first kappa shape index (κ1) is 15.8. The van der Waals surface area contributed by atoms with Crippen molar-refractivity contribution in [3.8, 4) is 0 Å². The van der Waals surface area contributed by atoms with Crippen LogP contribution in [0.15, 0.2) is 11.4 Å². The number of thiophene rings is 1. The number of anilines is 1. The van der Waals surface area contributed by atoms with Gasteiger partial charge in [0, 0.05) is 36.2 Å². The van der Waals surface area contributed by atoms with Crippen molar-refractivity contribution in [3.63, 3.8) is 0 Å². The molecule has 5 nitrogen and oxygen atoms in total. The van der Waals surface area contributed by atoms with Crippen LogP contribution in [0.25, 0.3) is 0 Å². The highest BCUT2D eigenvalue weighted by Gasteiger charge is 2.27. The van der Waals surface area contributed by atoms with Gasteiger partial charge in [-0.05, 0) is 30.7 Å². The van der Waals surface area contributed by atoms with Crippen LogP contribution in [-0.2, 0) is 16.6 Å². The average Bonchev–Trinajstić information content (AvgIpc) is 2.82. The molecular formula is C13H23N3O2S2. The molecule has 0 radical (unpaired) electrons. The molecule has 1 aliphatic rings. The van der Waals surface area contributed by atoms with Crippen LogP contribution in [0, 0.1) is 0 Å². The smallest absolute Gasteiger partial charge is 0.214 e. The third-order valence-electron chi connectivity index (χ3n) is 3.64. The third kappa shape index (κ3) is 3.94. The topological polar surface area (TPSA) is 75.4 Å². The molecule has 1 fully saturated rings. The minimum Gasteiger partial charge on any atom is -0.398 e. The van der Waals surface area contributed by atoms with Crippen LogP contribution in [0.3, 0.4) is 0 Å². The predicted molar refractivity (Wildman–Crippen MR) is 84.2 cm³/mol. The standard InChI is InChI=1S/C13H23N3O2S2/c1-2-9-20(17,18)16-6-3-11(4-7-16)15-10-13-12(14)5-8-19-13/h5,8,11,15H,2-4,6-7,9-10,14H2,1H3. The van der Waals surface area contributed by atoms with Crippen LogP contribution >= 0.6 is 11.3 Å². The van der Waals surface area contributed by atoms with E-state index < -0.39 is 10.0 Å². The lowest BCUT2D eigenvalue weighted by Crippen LogP contribution is -2.45. The third-order valence-corrected chi connectivity index (χ3v) is 6.65. The molecule has 114 valence electrons. The molecule has 7 heteroatoms. The van der Waals surface area contributed by atoms with E-state index in [0.29, 0.717) is 25.6 Å². The summed E-state index contributed by atoms with van der Waals surface area (Å²) in [6, 6.07) is 2.30. The summed E-state index contributed by atoms with van der Waals surface area (Å²) in [6.07, 6.45) is 2.42. The molecule has 0 saturated carbocycles. The second-order valence-corrected chi connectivity index (χ2v) is 8.26. The molecule has 1 aromatic heterocycles. The maximum absolute atomic E-state index is 12.0. The van der Waals surface area contributed by atoms with Crippen LogP contribution in [0.4, 0.5) is 5.69 Å². The molecule has 0 aliphatic carbocycles. The first-order valence-electron chi connectivity index (χ1n) is 7.06. The maximum atomic E-state index is 12.0. The summed E-state index contributed by atoms with van der Waals surface area (Å²) >= 11 is 1.66. The molecule has 1 aromatic rings. The summed E-state index contributed by atoms with van der Waals surface area (Å²) in [6.45, 7) is 3.92. The van der Waals surface area contributed by atoms with Gasteiger partial charge in [0.1, 0.15) is 0 Å². The molecule has 1 saturated heterocycles. The fourth-order valence-corrected chi connectivity index (χ4v) is 4.75. The molecule has 3 N–H and O–H groups in total. The van der Waals surface area contributed by atoms with Gasteiger partial charge in [-0.25, -0.2) is 12.7 Å². The molecule has 0 atom stereocenters. The highest BCUT2D eigenvalue weighted by Crippen LogP contribution is 2.20. The van der Waals surface area contributed by atoms with E-state index in [4.69, 9.17) is 5.73 Å². The van der Waals surface area contributed by atoms with E-state index >= 15 is 0 Å². The summed E-state index contributed by atoms with van der Waals surface area (Å²) in [5, 5.41) is 5.47. The number of nitrogens with one attached hydrogen (secondary N) is 1. The number of sulfonamides is 1. The number of hydrogen-bond donors (Lipinski definition) is 2. The zero-order valence-electron chi connectivity index (χ0n) is 11.8. The van der Waals surface area contributed by atoms with Gasteiger partial charge >= 0.3 is 0 Å². The number of piperidine rings is 1. The fourth-order valence-electron chi connectivity index (χ4n) is 2.46. The number of nitrogen functional groups attached to an aromatic ring is 1. The predicted octanol–water partition coefficient (Wildman–Crippen LogP) is 1.62. The van der Waals surface area contributed by atoms with E-state index in [-0.39, 0.29) is 5.75 Å². The zero-order valence-corrected chi connectivity index (χ0v) is 13.5. The van der Waals surface area contributed by atoms with E-state index in [9.17, 15) is 8.42 Å². The van der Waals surface area contributed by atoms with Crippen molar-refractivity contribution in [2.75, 3.05) is 24.6 Å². The lowest BCUT2D eigenvalue weighted by Gasteiger charge is -2.31. The van der Waals surface area contributed by atoms with E-state index in [0.717, 1.165) is 30.0 Å². The van der Waals surface area contributed by atoms with E-state index in [2.05, 4.69) is 5.32 Å². The molecule has 2 rings (SSSR count). The Labute approximate surface area is 125 Å². The quantitative estimate of drug-likeness (QED) is 0.836. The molecule has 0 amide bonds. The Morgan fingerprint density at radius 2 is 2.15 bits per heavy atom. The Bertz CT molecular complexity index is 519. The number of rotatable bonds is 6. The summed E-state index contributed by atoms with van der Waals surface area (Å²) in [5.41, 5.74) is 6.69. The van der Waals surface area contributed by atoms with Crippen LogP contribution < -0.4 is 11.1 Å². The summed E-state index contributed by atoms with van der Waals surface area (Å²) in [4.78, 5) is 1.16. The molecule has 0 aromatic carbocycles. The molecule has 0 unspecified atom stereocenters. The lowest BCUT2D eigenvalue weighted by atomic mass is 10.1. The van der Waals surface area contributed by atoms with Crippen molar-refractivity contribution in [1.82, 2.24) is 9.62 Å². The monoisotopic (exact) mass is 317 g/mol. The Morgan fingerprint density at radius 1 is 1.45 bits per heavy atom. The van der Waals surface area contributed by atoms with Crippen LogP contribution in [0.1, 0.15) is 31.1 Å². The highest BCUT2D eigenvalue weighted by atomic mass is 32.2. The Balaban J connectivity index is 1.79. The fraction of sp³-hybridized carbons (Fsp3) is 0.692. The number of nitrogens with two attached hydrogens (primary N) is 1. The Morgan fingerprint density at radius 3 is 2.70 bits per heavy atom. The van der Waals surface area contributed by atoms with Gasteiger partial charge in [-0.1, -0.05) is 6.92 Å². The maximum Gasteiger partial charge on any atom is 0.214 e. The largest absolute Gasteiger partial charge is 0.398 e. The SMILES string of the molecule is CCCS(=O)(=O)N1CCC(NCc2sccc2N)CC1. The van der Waals surface area contributed by atoms with Crippen LogP contribution in [0.5, 0.6) is 0 Å². The van der Waals surface area contributed by atoms with Crippen molar-refractivity contribution in [1.29, 1.82) is 0 Å². The average molecular weight is 317 g/mol. The molecule has 2 heterocycles. The van der Waals surface area contributed by atoms with Gasteiger partial charge in [-0.15, -0.1) is 11.3 Å². The summed E-state index contributed by atoms with van der Waals surface area (Å²) in [7, 11) is -3.03. The normalized spacial score (nSPS) is 18.4. The zero-order chi connectivity index (χ0) is 14.6. The minimum absolute atomic E-state index is 0.261. The van der Waals surface area contributed by atoms with Crippen molar-refractivity contribution in [2.24, 2.45) is 0 Å². The first-order chi connectivity index (χ1) is 9.53. The summed E-state index contributed by atoms with van der Waals surface area (Å²) < 4.78 is 25.6. The Hall–Kier alpha value is -0.630. The van der Waals surface area contributed by atoms with Crippen LogP contribution in [-0.4, -0.2) is 37.6 Å². The first-order valence-corrected chi connectivity index (χ1v) is 9.55. The minimum atomic E-state index is -3.03. The van der Waals surface area contributed by atoms with Gasteiger partial charge in [0.15, 0.2) is 0 Å². The summed E-state index contributed by atoms with van der Waals surface area (Å²) in [5.74, 6) is 0.261. The van der Waals surface area contributed by atoms with Gasteiger partial charge in [-0.3, -0.25) is 0 Å².